The Hall–Kier alpha value is -3.79. The number of hydrogen-bond donors (Lipinski definition) is 1. The van der Waals surface area contributed by atoms with Gasteiger partial charge in [-0.15, -0.1) is 0 Å². The first-order valence-corrected chi connectivity index (χ1v) is 15.2. The van der Waals surface area contributed by atoms with Crippen LogP contribution >= 0.6 is 0 Å². The van der Waals surface area contributed by atoms with Gasteiger partial charge in [0.2, 0.25) is 21.8 Å². The van der Waals surface area contributed by atoms with E-state index >= 15 is 0 Å². The highest BCUT2D eigenvalue weighted by molar-refractivity contribution is 7.92. The van der Waals surface area contributed by atoms with Crippen molar-refractivity contribution in [2.24, 2.45) is 0 Å². The normalized spacial score (nSPS) is 12.4. The third-order valence-corrected chi connectivity index (χ3v) is 7.53. The fraction of sp³-hybridized carbons (Fsp3) is 0.355. The van der Waals surface area contributed by atoms with Crippen LogP contribution in [0, 0.1) is 11.6 Å². The van der Waals surface area contributed by atoms with Crippen LogP contribution in [0.4, 0.5) is 14.5 Å². The summed E-state index contributed by atoms with van der Waals surface area (Å²) < 4.78 is 54.2. The first-order valence-electron chi connectivity index (χ1n) is 13.4. The summed E-state index contributed by atoms with van der Waals surface area (Å²) in [6.45, 7) is 5.32. The van der Waals surface area contributed by atoms with Gasteiger partial charge < -0.3 is 10.2 Å². The van der Waals surface area contributed by atoms with Gasteiger partial charge in [-0.05, 0) is 63.1 Å². The largest absolute Gasteiger partial charge is 0.350 e. The SMILES string of the molecule is CC(C)(C)NC(=O)C(Cc1ccccc1)N(Cc1ccccc1F)C(=O)CCCN(c1ccc(F)cc1)S(C)(=O)=O. The third kappa shape index (κ3) is 9.67. The van der Waals surface area contributed by atoms with Gasteiger partial charge in [0.05, 0.1) is 11.9 Å². The van der Waals surface area contributed by atoms with Crippen LogP contribution < -0.4 is 9.62 Å². The van der Waals surface area contributed by atoms with Gasteiger partial charge in [0.1, 0.15) is 17.7 Å². The van der Waals surface area contributed by atoms with E-state index in [1.807, 2.05) is 51.1 Å². The number of benzene rings is 3. The maximum Gasteiger partial charge on any atom is 0.243 e. The van der Waals surface area contributed by atoms with Gasteiger partial charge in [-0.3, -0.25) is 13.9 Å². The third-order valence-electron chi connectivity index (χ3n) is 6.33. The molecule has 0 aromatic heterocycles. The van der Waals surface area contributed by atoms with E-state index in [0.29, 0.717) is 0 Å². The molecule has 0 radical (unpaired) electrons. The lowest BCUT2D eigenvalue weighted by Crippen LogP contribution is -2.54. The standard InChI is InChI=1S/C31H37F2N3O4S/c1-31(2,3)34-30(38)28(21-23-11-6-5-7-12-23)35(22-24-13-8-9-14-27(24)33)29(37)15-10-20-36(41(4,39)40)26-18-16-25(32)17-19-26/h5-9,11-14,16-19,28H,10,15,20-22H2,1-4H3,(H,34,38). The molecular weight excluding hydrogens is 548 g/mol. The van der Waals surface area contributed by atoms with Crippen molar-refractivity contribution in [3.05, 3.63) is 102 Å². The van der Waals surface area contributed by atoms with Crippen LogP contribution in [0.15, 0.2) is 78.9 Å². The summed E-state index contributed by atoms with van der Waals surface area (Å²) in [5.74, 6) is -1.81. The second kappa shape index (κ2) is 13.7. The minimum atomic E-state index is -3.72. The lowest BCUT2D eigenvalue weighted by atomic mass is 10.00. The van der Waals surface area contributed by atoms with Crippen molar-refractivity contribution in [2.45, 2.75) is 58.2 Å². The molecule has 0 aliphatic heterocycles. The Kier molecular flexibility index (Phi) is 10.6. The van der Waals surface area contributed by atoms with Gasteiger partial charge in [0, 0.05) is 37.0 Å². The van der Waals surface area contributed by atoms with E-state index in [2.05, 4.69) is 5.32 Å². The molecule has 0 fully saturated rings. The number of hydrogen-bond acceptors (Lipinski definition) is 4. The number of amides is 2. The minimum Gasteiger partial charge on any atom is -0.350 e. The van der Waals surface area contributed by atoms with Gasteiger partial charge in [0.25, 0.3) is 0 Å². The van der Waals surface area contributed by atoms with Crippen LogP contribution in [-0.4, -0.2) is 49.5 Å². The Morgan fingerprint density at radius 2 is 1.51 bits per heavy atom. The molecular formula is C31H37F2N3O4S. The van der Waals surface area contributed by atoms with Crippen LogP contribution in [0.3, 0.4) is 0 Å². The maximum atomic E-state index is 14.7. The molecule has 0 saturated heterocycles. The Bertz CT molecular complexity index is 1430. The van der Waals surface area contributed by atoms with Crippen molar-refractivity contribution in [3.63, 3.8) is 0 Å². The highest BCUT2D eigenvalue weighted by Crippen LogP contribution is 2.21. The molecule has 0 bridgehead atoms. The number of sulfonamides is 1. The molecule has 0 aliphatic carbocycles. The molecule has 1 unspecified atom stereocenters. The molecule has 220 valence electrons. The van der Waals surface area contributed by atoms with Crippen LogP contribution in [0.1, 0.15) is 44.7 Å². The Morgan fingerprint density at radius 3 is 2.10 bits per heavy atom. The van der Waals surface area contributed by atoms with E-state index in [9.17, 15) is 26.8 Å². The number of carbonyl (C=O) groups is 2. The van der Waals surface area contributed by atoms with Crippen molar-refractivity contribution in [1.82, 2.24) is 10.2 Å². The zero-order valence-electron chi connectivity index (χ0n) is 23.8. The maximum absolute atomic E-state index is 14.7. The fourth-order valence-electron chi connectivity index (χ4n) is 4.43. The molecule has 3 aromatic rings. The van der Waals surface area contributed by atoms with E-state index in [0.717, 1.165) is 28.3 Å². The number of nitrogens with one attached hydrogen (secondary N) is 1. The van der Waals surface area contributed by atoms with E-state index in [-0.39, 0.29) is 49.5 Å². The zero-order chi connectivity index (χ0) is 30.2. The van der Waals surface area contributed by atoms with Gasteiger partial charge >= 0.3 is 0 Å². The fourth-order valence-corrected chi connectivity index (χ4v) is 5.39. The predicted molar refractivity (Wildman–Crippen MR) is 157 cm³/mol. The van der Waals surface area contributed by atoms with Crippen LogP contribution in [0.2, 0.25) is 0 Å². The number of carbonyl (C=O) groups excluding carboxylic acids is 2. The zero-order valence-corrected chi connectivity index (χ0v) is 24.6. The van der Waals surface area contributed by atoms with Crippen LogP contribution in [-0.2, 0) is 32.6 Å². The van der Waals surface area contributed by atoms with Gasteiger partial charge in [0.15, 0.2) is 0 Å². The Morgan fingerprint density at radius 1 is 0.902 bits per heavy atom. The predicted octanol–water partition coefficient (Wildman–Crippen LogP) is 5.07. The lowest BCUT2D eigenvalue weighted by Gasteiger charge is -2.34. The lowest BCUT2D eigenvalue weighted by molar-refractivity contribution is -0.142. The monoisotopic (exact) mass is 585 g/mol. The summed E-state index contributed by atoms with van der Waals surface area (Å²) in [6.07, 6.45) is 1.26. The Labute approximate surface area is 241 Å². The molecule has 0 heterocycles. The summed E-state index contributed by atoms with van der Waals surface area (Å²) in [7, 11) is -3.72. The molecule has 1 N–H and O–H groups in total. The number of halogens is 2. The Balaban J connectivity index is 1.91. The smallest absolute Gasteiger partial charge is 0.243 e. The molecule has 41 heavy (non-hydrogen) atoms. The van der Waals surface area contributed by atoms with Gasteiger partial charge in [-0.25, -0.2) is 17.2 Å². The minimum absolute atomic E-state index is 0.0404. The number of nitrogens with zero attached hydrogens (tertiary/aromatic N) is 2. The number of anilines is 1. The topological polar surface area (TPSA) is 86.8 Å². The van der Waals surface area contributed by atoms with Gasteiger partial charge in [-0.1, -0.05) is 48.5 Å². The highest BCUT2D eigenvalue weighted by atomic mass is 32.2. The molecule has 10 heteroatoms. The average Bonchev–Trinajstić information content (AvgIpc) is 2.89. The molecule has 0 saturated carbocycles. The molecule has 3 aromatic carbocycles. The summed E-state index contributed by atoms with van der Waals surface area (Å²) in [4.78, 5) is 28.7. The molecule has 0 spiro atoms. The molecule has 0 aliphatic rings. The number of rotatable bonds is 12. The molecule has 3 rings (SSSR count). The highest BCUT2D eigenvalue weighted by Gasteiger charge is 2.32. The van der Waals surface area contributed by atoms with Crippen molar-refractivity contribution < 1.29 is 26.8 Å². The van der Waals surface area contributed by atoms with E-state index in [4.69, 9.17) is 0 Å². The quantitative estimate of drug-likeness (QED) is 0.322. The second-order valence-corrected chi connectivity index (χ2v) is 12.9. The summed E-state index contributed by atoms with van der Waals surface area (Å²) in [5, 5.41) is 2.95. The molecule has 7 nitrogen and oxygen atoms in total. The molecule has 2 amide bonds. The summed E-state index contributed by atoms with van der Waals surface area (Å²) in [5.41, 5.74) is 0.777. The molecule has 1 atom stereocenters. The first-order chi connectivity index (χ1) is 19.2. The second-order valence-electron chi connectivity index (χ2n) is 11.0. The first kappa shape index (κ1) is 31.7. The summed E-state index contributed by atoms with van der Waals surface area (Å²) in [6, 6.07) is 19.4. The van der Waals surface area contributed by atoms with E-state index in [1.54, 1.807) is 18.2 Å². The van der Waals surface area contributed by atoms with Crippen molar-refractivity contribution in [3.8, 4) is 0 Å². The average molecular weight is 586 g/mol. The van der Waals surface area contributed by atoms with Crippen molar-refractivity contribution >= 4 is 27.5 Å². The van der Waals surface area contributed by atoms with Crippen LogP contribution in [0.25, 0.3) is 0 Å². The van der Waals surface area contributed by atoms with Crippen molar-refractivity contribution in [2.75, 3.05) is 17.1 Å². The van der Waals surface area contributed by atoms with Crippen molar-refractivity contribution in [1.29, 1.82) is 0 Å². The van der Waals surface area contributed by atoms with Gasteiger partial charge in [-0.2, -0.15) is 0 Å². The summed E-state index contributed by atoms with van der Waals surface area (Å²) >= 11 is 0. The van der Waals surface area contributed by atoms with Crippen LogP contribution in [0.5, 0.6) is 0 Å². The van der Waals surface area contributed by atoms with E-state index < -0.39 is 39.1 Å². The van der Waals surface area contributed by atoms with E-state index in [1.165, 1.54) is 23.1 Å².